The second-order valence-corrected chi connectivity index (χ2v) is 4.95. The standard InChI is InChI=1S/C16H18N4O2/c1-20-8-4-5-11-10-17-16(19-15(11)20)18-12-6-7-13(21-2)14(9-12)22-3/h4-7,9-10H,8H2,1-3H3,(H,17,18,19). The van der Waals surface area contributed by atoms with Crippen molar-refractivity contribution in [2.24, 2.45) is 0 Å². The molecule has 0 spiro atoms. The van der Waals surface area contributed by atoms with Crippen LogP contribution >= 0.6 is 0 Å². The number of anilines is 3. The maximum Gasteiger partial charge on any atom is 0.229 e. The molecule has 22 heavy (non-hydrogen) atoms. The van der Waals surface area contributed by atoms with Crippen molar-refractivity contribution in [2.45, 2.75) is 0 Å². The number of nitrogens with one attached hydrogen (secondary N) is 1. The summed E-state index contributed by atoms with van der Waals surface area (Å²) in [5.74, 6) is 2.81. The first kappa shape index (κ1) is 14.2. The number of likely N-dealkylation sites (N-methyl/N-ethyl adjacent to an activating group) is 1. The molecule has 1 aliphatic rings. The second kappa shape index (κ2) is 5.93. The summed E-state index contributed by atoms with van der Waals surface area (Å²) in [6.07, 6.45) is 5.94. The van der Waals surface area contributed by atoms with Gasteiger partial charge in [-0.05, 0) is 12.1 Å². The quantitative estimate of drug-likeness (QED) is 0.936. The van der Waals surface area contributed by atoms with Crippen LogP contribution in [0.25, 0.3) is 6.08 Å². The summed E-state index contributed by atoms with van der Waals surface area (Å²) in [4.78, 5) is 11.0. The van der Waals surface area contributed by atoms with Crippen LogP contribution in [0.2, 0.25) is 0 Å². The first-order valence-electron chi connectivity index (χ1n) is 6.95. The highest BCUT2D eigenvalue weighted by atomic mass is 16.5. The van der Waals surface area contributed by atoms with Crippen molar-refractivity contribution in [1.29, 1.82) is 0 Å². The Balaban J connectivity index is 1.87. The molecule has 1 aliphatic heterocycles. The van der Waals surface area contributed by atoms with Crippen molar-refractivity contribution < 1.29 is 9.47 Å². The summed E-state index contributed by atoms with van der Waals surface area (Å²) < 4.78 is 10.5. The van der Waals surface area contributed by atoms with Crippen LogP contribution in [0.4, 0.5) is 17.5 Å². The molecule has 0 fully saturated rings. The highest BCUT2D eigenvalue weighted by Crippen LogP contribution is 2.31. The van der Waals surface area contributed by atoms with Crippen LogP contribution in [0.5, 0.6) is 11.5 Å². The van der Waals surface area contributed by atoms with Crippen LogP contribution in [-0.4, -0.2) is 37.8 Å². The van der Waals surface area contributed by atoms with Gasteiger partial charge in [0.25, 0.3) is 0 Å². The van der Waals surface area contributed by atoms with Gasteiger partial charge in [0.15, 0.2) is 11.5 Å². The Morgan fingerprint density at radius 3 is 2.77 bits per heavy atom. The largest absolute Gasteiger partial charge is 0.493 e. The van der Waals surface area contributed by atoms with Gasteiger partial charge in [-0.25, -0.2) is 4.98 Å². The predicted molar refractivity (Wildman–Crippen MR) is 87.2 cm³/mol. The molecule has 114 valence electrons. The summed E-state index contributed by atoms with van der Waals surface area (Å²) in [6, 6.07) is 5.59. The third-order valence-corrected chi connectivity index (χ3v) is 3.47. The number of methoxy groups -OCH3 is 2. The maximum atomic E-state index is 5.30. The monoisotopic (exact) mass is 298 g/mol. The molecule has 1 aromatic carbocycles. The van der Waals surface area contributed by atoms with E-state index in [0.717, 1.165) is 23.6 Å². The molecule has 1 aromatic heterocycles. The van der Waals surface area contributed by atoms with E-state index in [1.165, 1.54) is 0 Å². The van der Waals surface area contributed by atoms with Crippen LogP contribution in [0.3, 0.4) is 0 Å². The third kappa shape index (κ3) is 2.67. The lowest BCUT2D eigenvalue weighted by atomic mass is 10.2. The summed E-state index contributed by atoms with van der Waals surface area (Å²) >= 11 is 0. The van der Waals surface area contributed by atoms with Crippen molar-refractivity contribution in [1.82, 2.24) is 9.97 Å². The lowest BCUT2D eigenvalue weighted by Crippen LogP contribution is -2.22. The fraction of sp³-hybridized carbons (Fsp3) is 0.250. The molecular weight excluding hydrogens is 280 g/mol. The number of ether oxygens (including phenoxy) is 2. The fourth-order valence-electron chi connectivity index (χ4n) is 2.33. The zero-order chi connectivity index (χ0) is 15.5. The Hall–Kier alpha value is -2.76. The van der Waals surface area contributed by atoms with E-state index in [2.05, 4.69) is 26.3 Å². The van der Waals surface area contributed by atoms with Gasteiger partial charge in [0.1, 0.15) is 5.82 Å². The Labute approximate surface area is 129 Å². The number of benzene rings is 1. The van der Waals surface area contributed by atoms with E-state index < -0.39 is 0 Å². The predicted octanol–water partition coefficient (Wildman–Crippen LogP) is 2.70. The van der Waals surface area contributed by atoms with Crippen molar-refractivity contribution >= 4 is 23.5 Å². The van der Waals surface area contributed by atoms with Gasteiger partial charge in [-0.15, -0.1) is 0 Å². The molecule has 6 nitrogen and oxygen atoms in total. The van der Waals surface area contributed by atoms with Crippen molar-refractivity contribution in [3.8, 4) is 11.5 Å². The lowest BCUT2D eigenvalue weighted by molar-refractivity contribution is 0.355. The molecule has 0 unspecified atom stereocenters. The van der Waals surface area contributed by atoms with Gasteiger partial charge in [-0.2, -0.15) is 4.98 Å². The maximum absolute atomic E-state index is 5.30. The first-order valence-corrected chi connectivity index (χ1v) is 6.95. The lowest BCUT2D eigenvalue weighted by Gasteiger charge is -2.22. The Morgan fingerprint density at radius 1 is 1.18 bits per heavy atom. The topological polar surface area (TPSA) is 59.5 Å². The van der Waals surface area contributed by atoms with Crippen molar-refractivity contribution in [2.75, 3.05) is 38.0 Å². The minimum atomic E-state index is 0.549. The highest BCUT2D eigenvalue weighted by Gasteiger charge is 2.13. The van der Waals surface area contributed by atoms with E-state index >= 15 is 0 Å². The zero-order valence-electron chi connectivity index (χ0n) is 12.8. The van der Waals surface area contributed by atoms with Gasteiger partial charge in [0.05, 0.1) is 14.2 Å². The van der Waals surface area contributed by atoms with Crippen LogP contribution in [-0.2, 0) is 0 Å². The molecule has 0 aliphatic carbocycles. The van der Waals surface area contributed by atoms with Gasteiger partial charge < -0.3 is 19.7 Å². The molecule has 0 saturated heterocycles. The molecule has 3 rings (SSSR count). The van der Waals surface area contributed by atoms with Crippen LogP contribution in [0, 0.1) is 0 Å². The third-order valence-electron chi connectivity index (χ3n) is 3.47. The van der Waals surface area contributed by atoms with Gasteiger partial charge in [0.2, 0.25) is 5.95 Å². The molecule has 0 amide bonds. The van der Waals surface area contributed by atoms with Gasteiger partial charge in [-0.1, -0.05) is 12.2 Å². The average molecular weight is 298 g/mol. The number of aromatic nitrogens is 2. The zero-order valence-corrected chi connectivity index (χ0v) is 12.8. The Morgan fingerprint density at radius 2 is 2.00 bits per heavy atom. The number of hydrogen-bond acceptors (Lipinski definition) is 6. The van der Waals surface area contributed by atoms with Gasteiger partial charge in [0, 0.05) is 37.1 Å². The SMILES string of the molecule is COc1ccc(Nc2ncc3c(n2)N(C)CC=C3)cc1OC. The molecule has 0 bridgehead atoms. The molecule has 6 heteroatoms. The van der Waals surface area contributed by atoms with E-state index in [0.29, 0.717) is 17.4 Å². The molecule has 0 radical (unpaired) electrons. The smallest absolute Gasteiger partial charge is 0.229 e. The number of nitrogens with zero attached hydrogens (tertiary/aromatic N) is 3. The van der Waals surface area contributed by atoms with Crippen LogP contribution in [0.15, 0.2) is 30.5 Å². The van der Waals surface area contributed by atoms with E-state index in [1.807, 2.05) is 37.5 Å². The molecule has 1 N–H and O–H groups in total. The Bertz CT molecular complexity index is 715. The van der Waals surface area contributed by atoms with Crippen molar-refractivity contribution in [3.05, 3.63) is 36.0 Å². The fourth-order valence-corrected chi connectivity index (χ4v) is 2.33. The summed E-state index contributed by atoms with van der Waals surface area (Å²) in [6.45, 7) is 0.847. The average Bonchev–Trinajstić information content (AvgIpc) is 2.55. The van der Waals surface area contributed by atoms with E-state index in [1.54, 1.807) is 14.2 Å². The summed E-state index contributed by atoms with van der Waals surface area (Å²) in [5.41, 5.74) is 1.86. The molecule has 2 heterocycles. The number of fused-ring (bicyclic) bond motifs is 1. The second-order valence-electron chi connectivity index (χ2n) is 4.95. The summed E-state index contributed by atoms with van der Waals surface area (Å²) in [5, 5.41) is 3.19. The van der Waals surface area contributed by atoms with Crippen LogP contribution in [0.1, 0.15) is 5.56 Å². The Kier molecular flexibility index (Phi) is 3.82. The van der Waals surface area contributed by atoms with E-state index in [9.17, 15) is 0 Å². The van der Waals surface area contributed by atoms with E-state index in [4.69, 9.17) is 9.47 Å². The van der Waals surface area contributed by atoms with E-state index in [-0.39, 0.29) is 0 Å². The molecular formula is C16H18N4O2. The first-order chi connectivity index (χ1) is 10.7. The number of hydrogen-bond donors (Lipinski definition) is 1. The number of rotatable bonds is 4. The molecule has 0 atom stereocenters. The molecule has 2 aromatic rings. The molecule has 0 saturated carbocycles. The minimum absolute atomic E-state index is 0.549. The normalized spacial score (nSPS) is 12.8. The summed E-state index contributed by atoms with van der Waals surface area (Å²) in [7, 11) is 5.23. The van der Waals surface area contributed by atoms with Gasteiger partial charge >= 0.3 is 0 Å². The van der Waals surface area contributed by atoms with Crippen LogP contribution < -0.4 is 19.7 Å². The van der Waals surface area contributed by atoms with Crippen molar-refractivity contribution in [3.63, 3.8) is 0 Å². The van der Waals surface area contributed by atoms with Gasteiger partial charge in [-0.3, -0.25) is 0 Å². The highest BCUT2D eigenvalue weighted by molar-refractivity contribution is 5.69. The minimum Gasteiger partial charge on any atom is -0.493 e.